The number of ether oxygens (including phenoxy) is 1. The molecule has 4 rings (SSSR count). The van der Waals surface area contributed by atoms with Gasteiger partial charge in [0.2, 0.25) is 5.91 Å². The maximum absolute atomic E-state index is 13.7. The lowest BCUT2D eigenvalue weighted by atomic mass is 9.85. The third-order valence-corrected chi connectivity index (χ3v) is 7.94. The molecule has 1 aromatic carbocycles. The summed E-state index contributed by atoms with van der Waals surface area (Å²) in [7, 11) is 0. The number of carboxylic acid groups (broad SMARTS) is 1. The highest BCUT2D eigenvalue weighted by Gasteiger charge is 2.56. The molecule has 44 heavy (non-hydrogen) atoms. The summed E-state index contributed by atoms with van der Waals surface area (Å²) in [6.07, 6.45) is -1.45. The number of aliphatic carboxylic acids is 1. The Labute approximate surface area is 249 Å². The quantitative estimate of drug-likeness (QED) is 0.252. The van der Waals surface area contributed by atoms with Gasteiger partial charge in [0.05, 0.1) is 12.2 Å². The van der Waals surface area contributed by atoms with Crippen LogP contribution in [0.25, 0.3) is 0 Å². The molecule has 1 spiro atoms. The summed E-state index contributed by atoms with van der Waals surface area (Å²) in [6, 6.07) is 1.85. The summed E-state index contributed by atoms with van der Waals surface area (Å²) in [5, 5.41) is 13.7. The zero-order valence-corrected chi connectivity index (χ0v) is 23.8. The van der Waals surface area contributed by atoms with Gasteiger partial charge < -0.3 is 25.4 Å². The van der Waals surface area contributed by atoms with Gasteiger partial charge in [-0.05, 0) is 62.0 Å². The number of carbonyl (C=O) groups excluding carboxylic acids is 4. The molecule has 2 fully saturated rings. The number of benzene rings is 1. The van der Waals surface area contributed by atoms with E-state index in [0.29, 0.717) is 23.3 Å². The Balaban J connectivity index is 1.42. The van der Waals surface area contributed by atoms with Crippen molar-refractivity contribution < 1.29 is 51.4 Å². The van der Waals surface area contributed by atoms with Crippen LogP contribution >= 0.6 is 0 Å². The molecule has 1 heterocycles. The molecule has 3 atom stereocenters. The summed E-state index contributed by atoms with van der Waals surface area (Å²) in [6.45, 7) is -0.300. The first-order valence-corrected chi connectivity index (χ1v) is 14.0. The van der Waals surface area contributed by atoms with Gasteiger partial charge in [-0.1, -0.05) is 18.2 Å². The number of fused-ring (bicyclic) bond motifs is 2. The van der Waals surface area contributed by atoms with E-state index in [9.17, 15) is 41.5 Å². The lowest BCUT2D eigenvalue weighted by molar-refractivity contribution is -0.187. The van der Waals surface area contributed by atoms with Crippen LogP contribution in [0.5, 0.6) is 0 Å². The fourth-order valence-electron chi connectivity index (χ4n) is 5.55. The number of ketones is 1. The molecule has 11 nitrogen and oxygen atoms in total. The molecule has 1 saturated carbocycles. The maximum atomic E-state index is 13.7. The van der Waals surface area contributed by atoms with E-state index in [1.165, 1.54) is 18.2 Å². The van der Waals surface area contributed by atoms with E-state index < -0.39 is 72.4 Å². The van der Waals surface area contributed by atoms with Crippen LogP contribution in [0.2, 0.25) is 0 Å². The van der Waals surface area contributed by atoms with Crippen molar-refractivity contribution in [3.05, 3.63) is 59.1 Å². The lowest BCUT2D eigenvalue weighted by Crippen LogP contribution is -2.50. The maximum Gasteiger partial charge on any atom is 0.411 e. The molecule has 1 unspecified atom stereocenters. The number of rotatable bonds is 11. The standard InChI is InChI=1S/C29H32F4N4O7/c1-17(29(31,32)33)37(14-18-5-7-19(30)8-6-18)23(38)15-36-16-28(44-27(36)43)12-11-20-21(28)9-10-22(25(20)41)35-26(42)34-13-3-2-4-24(39)40/h5-10,17,20H,2-4,11-16H2,1H3,(H,39,40)(H2,34,35,42)/t17-,20?,28-/m0/s1. The van der Waals surface area contributed by atoms with Gasteiger partial charge in [0.25, 0.3) is 0 Å². The van der Waals surface area contributed by atoms with Gasteiger partial charge in [-0.15, -0.1) is 0 Å². The first-order chi connectivity index (χ1) is 20.7. The highest BCUT2D eigenvalue weighted by molar-refractivity contribution is 6.03. The van der Waals surface area contributed by atoms with E-state index in [1.807, 2.05) is 0 Å². The van der Waals surface area contributed by atoms with Crippen molar-refractivity contribution in [1.82, 2.24) is 20.4 Å². The average molecular weight is 625 g/mol. The van der Waals surface area contributed by atoms with Gasteiger partial charge in [0, 0.05) is 25.4 Å². The Kier molecular flexibility index (Phi) is 9.64. The second kappa shape index (κ2) is 13.1. The summed E-state index contributed by atoms with van der Waals surface area (Å²) >= 11 is 0. The third kappa shape index (κ3) is 7.37. The summed E-state index contributed by atoms with van der Waals surface area (Å²) in [4.78, 5) is 63.6. The minimum Gasteiger partial charge on any atom is -0.481 e. The number of nitrogens with zero attached hydrogens (tertiary/aromatic N) is 2. The molecule has 1 aromatic rings. The van der Waals surface area contributed by atoms with Crippen molar-refractivity contribution in [2.75, 3.05) is 19.6 Å². The normalized spacial score (nSPS) is 21.8. The number of amides is 4. The molecular weight excluding hydrogens is 592 g/mol. The number of Topliss-reactive ketones (excluding diaryl/α,β-unsaturated/α-hetero) is 1. The Morgan fingerprint density at radius 1 is 1.16 bits per heavy atom. The molecule has 4 amide bonds. The topological polar surface area (TPSA) is 145 Å². The van der Waals surface area contributed by atoms with Crippen LogP contribution in [0.1, 0.15) is 44.6 Å². The number of carbonyl (C=O) groups is 5. The molecular formula is C29H32F4N4O7. The molecule has 238 valence electrons. The van der Waals surface area contributed by atoms with Gasteiger partial charge >= 0.3 is 24.3 Å². The smallest absolute Gasteiger partial charge is 0.411 e. The van der Waals surface area contributed by atoms with E-state index in [2.05, 4.69) is 10.6 Å². The van der Waals surface area contributed by atoms with Crippen LogP contribution in [-0.4, -0.2) is 82.1 Å². The fraction of sp³-hybridized carbons (Fsp3) is 0.483. The molecule has 0 aromatic heterocycles. The van der Waals surface area contributed by atoms with E-state index in [4.69, 9.17) is 9.84 Å². The Morgan fingerprint density at radius 3 is 2.52 bits per heavy atom. The number of hydrogen-bond acceptors (Lipinski definition) is 6. The molecule has 1 saturated heterocycles. The predicted octanol–water partition coefficient (Wildman–Crippen LogP) is 3.65. The number of hydrogen-bond donors (Lipinski definition) is 3. The lowest BCUT2D eigenvalue weighted by Gasteiger charge is -2.32. The summed E-state index contributed by atoms with van der Waals surface area (Å²) in [5.41, 5.74) is -0.502. The predicted molar refractivity (Wildman–Crippen MR) is 145 cm³/mol. The Bertz CT molecular complexity index is 1380. The molecule has 3 aliphatic rings. The van der Waals surface area contributed by atoms with Gasteiger partial charge in [0.15, 0.2) is 11.4 Å². The van der Waals surface area contributed by atoms with Crippen LogP contribution < -0.4 is 10.6 Å². The van der Waals surface area contributed by atoms with Crippen LogP contribution in [0, 0.1) is 11.7 Å². The monoisotopic (exact) mass is 624 g/mol. The molecule has 15 heteroatoms. The molecule has 0 bridgehead atoms. The fourth-order valence-corrected chi connectivity index (χ4v) is 5.55. The molecule has 1 aliphatic heterocycles. The van der Waals surface area contributed by atoms with E-state index in [0.717, 1.165) is 24.0 Å². The van der Waals surface area contributed by atoms with Crippen LogP contribution in [0.15, 0.2) is 47.7 Å². The number of halogens is 4. The number of nitrogens with one attached hydrogen (secondary N) is 2. The number of allylic oxidation sites excluding steroid dienone is 3. The highest BCUT2D eigenvalue weighted by atomic mass is 19.4. The zero-order valence-electron chi connectivity index (χ0n) is 23.8. The number of urea groups is 1. The van der Waals surface area contributed by atoms with E-state index in [1.54, 1.807) is 6.08 Å². The average Bonchev–Trinajstić information content (AvgIpc) is 3.46. The van der Waals surface area contributed by atoms with Crippen LogP contribution in [0.4, 0.5) is 27.2 Å². The Morgan fingerprint density at radius 2 is 1.86 bits per heavy atom. The minimum atomic E-state index is -4.76. The summed E-state index contributed by atoms with van der Waals surface area (Å²) < 4.78 is 59.9. The Hall–Kier alpha value is -4.43. The highest BCUT2D eigenvalue weighted by Crippen LogP contribution is 2.48. The van der Waals surface area contributed by atoms with Crippen molar-refractivity contribution in [2.24, 2.45) is 5.92 Å². The van der Waals surface area contributed by atoms with Crippen molar-refractivity contribution in [3.8, 4) is 0 Å². The van der Waals surface area contributed by atoms with Crippen molar-refractivity contribution in [1.29, 1.82) is 0 Å². The molecule has 3 N–H and O–H groups in total. The zero-order chi connectivity index (χ0) is 32.2. The largest absolute Gasteiger partial charge is 0.481 e. The van der Waals surface area contributed by atoms with Crippen molar-refractivity contribution >= 4 is 29.8 Å². The van der Waals surface area contributed by atoms with Crippen LogP contribution in [-0.2, 0) is 25.7 Å². The van der Waals surface area contributed by atoms with E-state index >= 15 is 0 Å². The van der Waals surface area contributed by atoms with Gasteiger partial charge in [-0.3, -0.25) is 19.3 Å². The van der Waals surface area contributed by atoms with Crippen molar-refractivity contribution in [3.63, 3.8) is 0 Å². The number of unbranched alkanes of at least 4 members (excludes halogenated alkanes) is 1. The van der Waals surface area contributed by atoms with Gasteiger partial charge in [-0.25, -0.2) is 14.0 Å². The third-order valence-electron chi connectivity index (χ3n) is 7.94. The molecule has 0 radical (unpaired) electrons. The molecule has 2 aliphatic carbocycles. The van der Waals surface area contributed by atoms with E-state index in [-0.39, 0.29) is 43.6 Å². The number of carboxylic acids is 1. The van der Waals surface area contributed by atoms with Gasteiger partial charge in [0.1, 0.15) is 18.4 Å². The SMILES string of the molecule is C[C@H](N(Cc1ccc(F)cc1)C(=O)CN1C[C@]2(CCC3C(=O)C(NC(=O)NCCCCC(=O)O)=CC=C32)OC1=O)C(F)(F)F. The van der Waals surface area contributed by atoms with Gasteiger partial charge in [-0.2, -0.15) is 13.2 Å². The summed E-state index contributed by atoms with van der Waals surface area (Å²) in [5.74, 6) is -3.63. The second-order valence-electron chi connectivity index (χ2n) is 11.0. The number of alkyl halides is 3. The minimum absolute atomic E-state index is 0.0211. The second-order valence-corrected chi connectivity index (χ2v) is 11.0. The first-order valence-electron chi connectivity index (χ1n) is 14.0. The first kappa shape index (κ1) is 32.5. The van der Waals surface area contributed by atoms with Crippen LogP contribution in [0.3, 0.4) is 0 Å². The van der Waals surface area contributed by atoms with Crippen molar-refractivity contribution in [2.45, 2.75) is 63.4 Å².